The van der Waals surface area contributed by atoms with Gasteiger partial charge in [0, 0.05) is 12.1 Å². The summed E-state index contributed by atoms with van der Waals surface area (Å²) in [4.78, 5) is 11.7. The van der Waals surface area contributed by atoms with E-state index in [1.165, 1.54) is 0 Å². The minimum Gasteiger partial charge on any atom is -0.351 e. The van der Waals surface area contributed by atoms with Gasteiger partial charge in [0.25, 0.3) is 0 Å². The normalized spacial score (nSPS) is 13.8. The summed E-state index contributed by atoms with van der Waals surface area (Å²) in [5.74, 6) is 0.0759. The molecule has 1 amide bonds. The topological polar surface area (TPSA) is 55.1 Å². The monoisotopic (exact) mass is 200 g/mol. The van der Waals surface area contributed by atoms with Crippen molar-refractivity contribution >= 4 is 5.91 Å². The lowest BCUT2D eigenvalue weighted by Gasteiger charge is -2.27. The van der Waals surface area contributed by atoms with E-state index in [-0.39, 0.29) is 17.4 Å². The highest BCUT2D eigenvalue weighted by Crippen LogP contribution is 2.11. The lowest BCUT2D eigenvalue weighted by Crippen LogP contribution is -2.47. The Balaban J connectivity index is 4.16. The van der Waals surface area contributed by atoms with Crippen LogP contribution in [0, 0.1) is 5.92 Å². The van der Waals surface area contributed by atoms with Crippen molar-refractivity contribution in [3.8, 4) is 0 Å². The molecule has 3 nitrogen and oxygen atoms in total. The highest BCUT2D eigenvalue weighted by Gasteiger charge is 2.22. The zero-order chi connectivity index (χ0) is 11.2. The molecule has 1 unspecified atom stereocenters. The minimum absolute atomic E-state index is 0.0224. The first-order valence-electron chi connectivity index (χ1n) is 5.49. The summed E-state index contributed by atoms with van der Waals surface area (Å²) in [6.07, 6.45) is 2.81. The largest absolute Gasteiger partial charge is 0.351 e. The number of nitrogens with one attached hydrogen (secondary N) is 1. The zero-order valence-electron chi connectivity index (χ0n) is 9.89. The molecule has 14 heavy (non-hydrogen) atoms. The van der Waals surface area contributed by atoms with Crippen molar-refractivity contribution in [3.05, 3.63) is 0 Å². The van der Waals surface area contributed by atoms with E-state index in [0.29, 0.717) is 6.54 Å². The van der Waals surface area contributed by atoms with E-state index in [1.54, 1.807) is 0 Å². The maximum absolute atomic E-state index is 11.7. The Labute approximate surface area is 87.4 Å². The summed E-state index contributed by atoms with van der Waals surface area (Å²) >= 11 is 0. The van der Waals surface area contributed by atoms with Gasteiger partial charge in [-0.05, 0) is 26.7 Å². The number of rotatable bonds is 6. The molecule has 0 aliphatic heterocycles. The van der Waals surface area contributed by atoms with Crippen LogP contribution in [0.25, 0.3) is 0 Å². The van der Waals surface area contributed by atoms with Gasteiger partial charge in [0.2, 0.25) is 5.91 Å². The summed E-state index contributed by atoms with van der Waals surface area (Å²) in [5.41, 5.74) is 5.45. The highest BCUT2D eigenvalue weighted by molar-refractivity contribution is 5.79. The number of hydrogen-bond donors (Lipinski definition) is 2. The van der Waals surface area contributed by atoms with E-state index in [1.807, 2.05) is 13.8 Å². The van der Waals surface area contributed by atoms with Gasteiger partial charge in [-0.15, -0.1) is 0 Å². The van der Waals surface area contributed by atoms with Gasteiger partial charge >= 0.3 is 0 Å². The molecule has 3 heteroatoms. The zero-order valence-corrected chi connectivity index (χ0v) is 9.89. The molecule has 0 fully saturated rings. The third-order valence-corrected chi connectivity index (χ3v) is 2.64. The molecule has 0 aromatic carbocycles. The van der Waals surface area contributed by atoms with Crippen molar-refractivity contribution in [2.24, 2.45) is 11.7 Å². The summed E-state index contributed by atoms with van der Waals surface area (Å²) in [7, 11) is 0. The van der Waals surface area contributed by atoms with Crippen LogP contribution >= 0.6 is 0 Å². The second kappa shape index (κ2) is 6.02. The minimum atomic E-state index is -0.113. The van der Waals surface area contributed by atoms with Crippen LogP contribution in [0.2, 0.25) is 0 Å². The number of carbonyl (C=O) groups is 1. The SMILES string of the molecule is CCCC(CN)C(=O)NC(C)(C)CC. The second-order valence-electron chi connectivity index (χ2n) is 4.45. The lowest BCUT2D eigenvalue weighted by atomic mass is 9.98. The van der Waals surface area contributed by atoms with Gasteiger partial charge in [-0.25, -0.2) is 0 Å². The van der Waals surface area contributed by atoms with Crippen LogP contribution < -0.4 is 11.1 Å². The molecule has 1 atom stereocenters. The second-order valence-corrected chi connectivity index (χ2v) is 4.45. The van der Waals surface area contributed by atoms with E-state index in [9.17, 15) is 4.79 Å². The summed E-state index contributed by atoms with van der Waals surface area (Å²) in [6, 6.07) is 0. The molecular weight excluding hydrogens is 176 g/mol. The van der Waals surface area contributed by atoms with Gasteiger partial charge in [0.1, 0.15) is 0 Å². The van der Waals surface area contributed by atoms with Gasteiger partial charge in [-0.3, -0.25) is 4.79 Å². The maximum atomic E-state index is 11.7. The van der Waals surface area contributed by atoms with Crippen LogP contribution in [-0.4, -0.2) is 18.0 Å². The molecule has 0 rings (SSSR count). The highest BCUT2D eigenvalue weighted by atomic mass is 16.2. The Hall–Kier alpha value is -0.570. The summed E-state index contributed by atoms with van der Waals surface area (Å²) in [6.45, 7) is 8.65. The van der Waals surface area contributed by atoms with Crippen molar-refractivity contribution in [1.29, 1.82) is 0 Å². The summed E-state index contributed by atoms with van der Waals surface area (Å²) < 4.78 is 0. The lowest BCUT2D eigenvalue weighted by molar-refractivity contribution is -0.126. The Morgan fingerprint density at radius 1 is 1.43 bits per heavy atom. The Morgan fingerprint density at radius 3 is 2.36 bits per heavy atom. The molecule has 84 valence electrons. The first-order chi connectivity index (χ1) is 6.46. The number of carbonyl (C=O) groups excluding carboxylic acids is 1. The predicted octanol–water partition coefficient (Wildman–Crippen LogP) is 1.67. The fourth-order valence-electron chi connectivity index (χ4n) is 1.23. The molecule has 0 aliphatic carbocycles. The van der Waals surface area contributed by atoms with E-state index in [2.05, 4.69) is 19.2 Å². The molecule has 0 bridgehead atoms. The number of hydrogen-bond acceptors (Lipinski definition) is 2. The van der Waals surface area contributed by atoms with E-state index >= 15 is 0 Å². The van der Waals surface area contributed by atoms with Crippen LogP contribution in [0.1, 0.15) is 47.0 Å². The first kappa shape index (κ1) is 13.4. The molecule has 0 saturated heterocycles. The third-order valence-electron chi connectivity index (χ3n) is 2.64. The van der Waals surface area contributed by atoms with Gasteiger partial charge in [-0.1, -0.05) is 20.3 Å². The number of amides is 1. The van der Waals surface area contributed by atoms with E-state index in [0.717, 1.165) is 19.3 Å². The van der Waals surface area contributed by atoms with Crippen LogP contribution in [0.3, 0.4) is 0 Å². The van der Waals surface area contributed by atoms with Gasteiger partial charge in [0.15, 0.2) is 0 Å². The Morgan fingerprint density at radius 2 is 2.00 bits per heavy atom. The average molecular weight is 200 g/mol. The van der Waals surface area contributed by atoms with Crippen LogP contribution in [0.15, 0.2) is 0 Å². The van der Waals surface area contributed by atoms with Gasteiger partial charge < -0.3 is 11.1 Å². The molecule has 0 aromatic heterocycles. The van der Waals surface area contributed by atoms with Gasteiger partial charge in [0.05, 0.1) is 5.92 Å². The van der Waals surface area contributed by atoms with Crippen molar-refractivity contribution in [2.45, 2.75) is 52.5 Å². The molecule has 0 heterocycles. The van der Waals surface area contributed by atoms with Crippen molar-refractivity contribution < 1.29 is 4.79 Å². The average Bonchev–Trinajstić information content (AvgIpc) is 2.13. The number of nitrogens with two attached hydrogens (primary N) is 1. The standard InChI is InChI=1S/C11H24N2O/c1-5-7-9(8-12)10(14)13-11(3,4)6-2/h9H,5-8,12H2,1-4H3,(H,13,14). The Kier molecular flexibility index (Phi) is 5.77. The van der Waals surface area contributed by atoms with E-state index < -0.39 is 0 Å². The predicted molar refractivity (Wildman–Crippen MR) is 60.0 cm³/mol. The smallest absolute Gasteiger partial charge is 0.224 e. The molecule has 0 radical (unpaired) electrons. The first-order valence-corrected chi connectivity index (χ1v) is 5.49. The van der Waals surface area contributed by atoms with Crippen molar-refractivity contribution in [1.82, 2.24) is 5.32 Å². The molecular formula is C11H24N2O. The summed E-state index contributed by atoms with van der Waals surface area (Å²) in [5, 5.41) is 3.02. The van der Waals surface area contributed by atoms with Gasteiger partial charge in [-0.2, -0.15) is 0 Å². The van der Waals surface area contributed by atoms with Crippen molar-refractivity contribution in [2.75, 3.05) is 6.54 Å². The van der Waals surface area contributed by atoms with Crippen LogP contribution in [0.4, 0.5) is 0 Å². The molecule has 0 aromatic rings. The molecule has 3 N–H and O–H groups in total. The van der Waals surface area contributed by atoms with Crippen LogP contribution in [0.5, 0.6) is 0 Å². The molecule has 0 saturated carbocycles. The third kappa shape index (κ3) is 4.61. The maximum Gasteiger partial charge on any atom is 0.224 e. The van der Waals surface area contributed by atoms with E-state index in [4.69, 9.17) is 5.73 Å². The Bertz CT molecular complexity index is 178. The molecule has 0 aliphatic rings. The molecule has 0 spiro atoms. The quantitative estimate of drug-likeness (QED) is 0.685. The van der Waals surface area contributed by atoms with Crippen molar-refractivity contribution in [3.63, 3.8) is 0 Å². The van der Waals surface area contributed by atoms with Crippen LogP contribution in [-0.2, 0) is 4.79 Å². The fourth-order valence-corrected chi connectivity index (χ4v) is 1.23. The fraction of sp³-hybridized carbons (Fsp3) is 0.909.